The monoisotopic (exact) mass is 254 g/mol. The molecule has 3 heteroatoms. The SMILES string of the molecule is O=C(c1cccc2cc[nH]c12)N(CC1CC1)C1CC1. The van der Waals surface area contributed by atoms with Gasteiger partial charge in [-0.2, -0.15) is 0 Å². The molecule has 2 aromatic rings. The van der Waals surface area contributed by atoms with Crippen molar-refractivity contribution in [1.29, 1.82) is 0 Å². The van der Waals surface area contributed by atoms with Crippen LogP contribution in [0.1, 0.15) is 36.0 Å². The zero-order chi connectivity index (χ0) is 12.8. The van der Waals surface area contributed by atoms with E-state index in [-0.39, 0.29) is 5.91 Å². The first kappa shape index (κ1) is 11.1. The lowest BCUT2D eigenvalue weighted by molar-refractivity contribution is 0.0736. The van der Waals surface area contributed by atoms with Gasteiger partial charge in [0.1, 0.15) is 0 Å². The molecule has 1 N–H and O–H groups in total. The summed E-state index contributed by atoms with van der Waals surface area (Å²) in [5.74, 6) is 0.967. The zero-order valence-corrected chi connectivity index (χ0v) is 10.9. The number of rotatable bonds is 4. The first-order valence-corrected chi connectivity index (χ1v) is 7.20. The van der Waals surface area contributed by atoms with E-state index in [2.05, 4.69) is 9.88 Å². The maximum Gasteiger partial charge on any atom is 0.256 e. The number of hydrogen-bond donors (Lipinski definition) is 1. The first-order chi connectivity index (χ1) is 9.33. The highest BCUT2D eigenvalue weighted by Crippen LogP contribution is 2.36. The maximum absolute atomic E-state index is 12.8. The van der Waals surface area contributed by atoms with Gasteiger partial charge in [0, 0.05) is 24.2 Å². The van der Waals surface area contributed by atoms with E-state index in [4.69, 9.17) is 0 Å². The first-order valence-electron chi connectivity index (χ1n) is 7.20. The van der Waals surface area contributed by atoms with Crippen LogP contribution in [0.25, 0.3) is 10.9 Å². The van der Waals surface area contributed by atoms with Crippen LogP contribution in [0.4, 0.5) is 0 Å². The highest BCUT2D eigenvalue weighted by atomic mass is 16.2. The van der Waals surface area contributed by atoms with Gasteiger partial charge in [-0.15, -0.1) is 0 Å². The fourth-order valence-electron chi connectivity index (χ4n) is 2.78. The fraction of sp³-hybridized carbons (Fsp3) is 0.438. The van der Waals surface area contributed by atoms with Crippen molar-refractivity contribution in [3.63, 3.8) is 0 Å². The smallest absolute Gasteiger partial charge is 0.256 e. The Morgan fingerprint density at radius 3 is 2.79 bits per heavy atom. The zero-order valence-electron chi connectivity index (χ0n) is 10.9. The van der Waals surface area contributed by atoms with Gasteiger partial charge >= 0.3 is 0 Å². The molecule has 4 rings (SSSR count). The summed E-state index contributed by atoms with van der Waals surface area (Å²) in [6.07, 6.45) is 6.86. The van der Waals surface area contributed by atoms with E-state index >= 15 is 0 Å². The number of aromatic nitrogens is 1. The van der Waals surface area contributed by atoms with Gasteiger partial charge in [-0.3, -0.25) is 4.79 Å². The third-order valence-electron chi connectivity index (χ3n) is 4.22. The van der Waals surface area contributed by atoms with E-state index in [0.717, 1.165) is 28.9 Å². The lowest BCUT2D eigenvalue weighted by atomic mass is 10.1. The van der Waals surface area contributed by atoms with E-state index in [1.807, 2.05) is 30.5 Å². The molecular weight excluding hydrogens is 236 g/mol. The van der Waals surface area contributed by atoms with Crippen LogP contribution in [-0.2, 0) is 0 Å². The third kappa shape index (κ3) is 2.03. The number of hydrogen-bond acceptors (Lipinski definition) is 1. The van der Waals surface area contributed by atoms with E-state index in [9.17, 15) is 4.79 Å². The minimum absolute atomic E-state index is 0.211. The molecule has 0 spiro atoms. The number of carbonyl (C=O) groups excluding carboxylic acids is 1. The Morgan fingerprint density at radius 1 is 1.21 bits per heavy atom. The van der Waals surface area contributed by atoms with Crippen LogP contribution in [-0.4, -0.2) is 28.4 Å². The van der Waals surface area contributed by atoms with Crippen molar-refractivity contribution >= 4 is 16.8 Å². The van der Waals surface area contributed by atoms with Gasteiger partial charge in [0.15, 0.2) is 0 Å². The number of H-pyrrole nitrogens is 1. The van der Waals surface area contributed by atoms with Gasteiger partial charge < -0.3 is 9.88 Å². The van der Waals surface area contributed by atoms with Crippen molar-refractivity contribution in [3.05, 3.63) is 36.0 Å². The third-order valence-corrected chi connectivity index (χ3v) is 4.22. The standard InChI is InChI=1S/C16H18N2O/c19-16(18(13-6-7-13)10-11-4-5-11)14-3-1-2-12-8-9-17-15(12)14/h1-3,8-9,11,13,17H,4-7,10H2. The Labute approximate surface area is 112 Å². The van der Waals surface area contributed by atoms with Crippen molar-refractivity contribution in [2.24, 2.45) is 5.92 Å². The predicted molar refractivity (Wildman–Crippen MR) is 75.1 cm³/mol. The second-order valence-electron chi connectivity index (χ2n) is 5.88. The van der Waals surface area contributed by atoms with E-state index < -0.39 is 0 Å². The molecule has 1 aromatic heterocycles. The summed E-state index contributed by atoms with van der Waals surface area (Å²) in [7, 11) is 0. The normalized spacial score (nSPS) is 18.7. The predicted octanol–water partition coefficient (Wildman–Crippen LogP) is 3.18. The number of amides is 1. The number of nitrogens with zero attached hydrogens (tertiary/aromatic N) is 1. The quantitative estimate of drug-likeness (QED) is 0.893. The second kappa shape index (κ2) is 4.12. The van der Waals surface area contributed by atoms with E-state index in [1.54, 1.807) is 0 Å². The van der Waals surface area contributed by atoms with Gasteiger partial charge in [-0.05, 0) is 43.7 Å². The Bertz CT molecular complexity index is 622. The van der Waals surface area contributed by atoms with Gasteiger partial charge in [0.25, 0.3) is 5.91 Å². The average molecular weight is 254 g/mol. The number of benzene rings is 1. The molecule has 2 fully saturated rings. The van der Waals surface area contributed by atoms with Gasteiger partial charge in [0.05, 0.1) is 11.1 Å². The molecule has 98 valence electrons. The van der Waals surface area contributed by atoms with Crippen molar-refractivity contribution in [3.8, 4) is 0 Å². The fourth-order valence-corrected chi connectivity index (χ4v) is 2.78. The van der Waals surface area contributed by atoms with Crippen LogP contribution in [0.5, 0.6) is 0 Å². The highest BCUT2D eigenvalue weighted by molar-refractivity contribution is 6.05. The molecule has 0 unspecified atom stereocenters. The molecule has 1 heterocycles. The summed E-state index contributed by atoms with van der Waals surface area (Å²) in [6.45, 7) is 0.959. The highest BCUT2D eigenvalue weighted by Gasteiger charge is 2.37. The maximum atomic E-state index is 12.8. The molecule has 3 nitrogen and oxygen atoms in total. The number of fused-ring (bicyclic) bond motifs is 1. The number of carbonyl (C=O) groups is 1. The molecule has 19 heavy (non-hydrogen) atoms. The summed E-state index contributed by atoms with van der Waals surface area (Å²) in [4.78, 5) is 18.1. The van der Waals surface area contributed by atoms with Gasteiger partial charge in [-0.1, -0.05) is 12.1 Å². The average Bonchev–Trinajstić information content (AvgIpc) is 3.33. The molecule has 0 saturated heterocycles. The molecule has 0 aliphatic heterocycles. The summed E-state index contributed by atoms with van der Waals surface area (Å²) >= 11 is 0. The lowest BCUT2D eigenvalue weighted by Gasteiger charge is -2.22. The Kier molecular flexibility index (Phi) is 2.40. The lowest BCUT2D eigenvalue weighted by Crippen LogP contribution is -2.35. The molecule has 2 saturated carbocycles. The second-order valence-corrected chi connectivity index (χ2v) is 5.88. The van der Waals surface area contributed by atoms with Crippen molar-refractivity contribution in [2.45, 2.75) is 31.7 Å². The van der Waals surface area contributed by atoms with Crippen molar-refractivity contribution in [1.82, 2.24) is 9.88 Å². The molecule has 2 aliphatic carbocycles. The number of para-hydroxylation sites is 1. The van der Waals surface area contributed by atoms with Gasteiger partial charge in [-0.25, -0.2) is 0 Å². The molecule has 0 radical (unpaired) electrons. The minimum atomic E-state index is 0.211. The van der Waals surface area contributed by atoms with Crippen LogP contribution < -0.4 is 0 Å². The van der Waals surface area contributed by atoms with E-state index in [0.29, 0.717) is 6.04 Å². The van der Waals surface area contributed by atoms with Gasteiger partial charge in [0.2, 0.25) is 0 Å². The molecule has 1 amide bonds. The molecule has 0 bridgehead atoms. The Morgan fingerprint density at radius 2 is 2.05 bits per heavy atom. The van der Waals surface area contributed by atoms with E-state index in [1.165, 1.54) is 25.7 Å². The topological polar surface area (TPSA) is 36.1 Å². The number of nitrogens with one attached hydrogen (secondary N) is 1. The summed E-state index contributed by atoms with van der Waals surface area (Å²) in [5.41, 5.74) is 1.81. The summed E-state index contributed by atoms with van der Waals surface area (Å²) < 4.78 is 0. The van der Waals surface area contributed by atoms with Crippen LogP contribution in [0.2, 0.25) is 0 Å². The Hall–Kier alpha value is -1.77. The minimum Gasteiger partial charge on any atom is -0.361 e. The number of aromatic amines is 1. The van der Waals surface area contributed by atoms with Crippen LogP contribution in [0.3, 0.4) is 0 Å². The molecule has 1 aromatic carbocycles. The van der Waals surface area contributed by atoms with Crippen molar-refractivity contribution in [2.75, 3.05) is 6.54 Å². The molecule has 0 atom stereocenters. The van der Waals surface area contributed by atoms with Crippen LogP contribution >= 0.6 is 0 Å². The van der Waals surface area contributed by atoms with Crippen LogP contribution in [0.15, 0.2) is 30.5 Å². The molecular formula is C16H18N2O. The Balaban J connectivity index is 1.68. The largest absolute Gasteiger partial charge is 0.361 e. The molecule has 2 aliphatic rings. The van der Waals surface area contributed by atoms with Crippen molar-refractivity contribution < 1.29 is 4.79 Å². The summed E-state index contributed by atoms with van der Waals surface area (Å²) in [6, 6.07) is 8.49. The summed E-state index contributed by atoms with van der Waals surface area (Å²) in [5, 5.41) is 1.12. The van der Waals surface area contributed by atoms with Crippen LogP contribution in [0, 0.1) is 5.92 Å².